The average molecular weight is 428 g/mol. The second-order valence-corrected chi connectivity index (χ2v) is 10.8. The fraction of sp³-hybridized carbons (Fsp3) is 0.556. The molecule has 0 bridgehead atoms. The molecule has 1 unspecified atom stereocenters. The van der Waals surface area contributed by atoms with E-state index in [4.69, 9.17) is 11.8 Å². The first-order valence-corrected chi connectivity index (χ1v) is 12.0. The Balaban J connectivity index is 2.11. The first-order valence-electron chi connectivity index (χ1n) is 11.6. The van der Waals surface area contributed by atoms with Crippen LogP contribution in [-0.4, -0.2) is 19.8 Å². The van der Waals surface area contributed by atoms with Crippen molar-refractivity contribution in [2.24, 2.45) is 0 Å². The van der Waals surface area contributed by atoms with Crippen LogP contribution in [0.1, 0.15) is 101 Å². The Hall–Kier alpha value is -1.51. The number of quaternary nitrogens is 1. The van der Waals surface area contributed by atoms with Gasteiger partial charge in [-0.05, 0) is 34.8 Å². The monoisotopic (exact) mass is 427 g/mol. The average Bonchev–Trinajstić information content (AvgIpc) is 3.09. The first-order chi connectivity index (χ1) is 14.1. The number of benzene rings is 2. The highest BCUT2D eigenvalue weighted by molar-refractivity contribution is 6.22. The second-order valence-electron chi connectivity index (χ2n) is 10.2. The topological polar surface area (TPSA) is 3.24 Å². The highest BCUT2D eigenvalue weighted by atomic mass is 35.5. The normalized spacial score (nSPS) is 19.7. The third-order valence-corrected chi connectivity index (χ3v) is 6.97. The van der Waals surface area contributed by atoms with Crippen LogP contribution in [0.25, 0.3) is 0 Å². The molecule has 2 nitrogen and oxygen atoms in total. The maximum Gasteiger partial charge on any atom is 0.176 e. The van der Waals surface area contributed by atoms with Gasteiger partial charge in [-0.15, -0.1) is 0 Å². The van der Waals surface area contributed by atoms with Crippen molar-refractivity contribution >= 4 is 23.2 Å². The quantitative estimate of drug-likeness (QED) is 0.420. The van der Waals surface area contributed by atoms with Crippen LogP contribution in [-0.2, 0) is 0 Å². The minimum atomic E-state index is 0.454. The molecule has 2 aromatic carbocycles. The molecular weight excluding hydrogens is 388 g/mol. The molecule has 1 atom stereocenters. The molecule has 164 valence electrons. The van der Waals surface area contributed by atoms with E-state index in [1.807, 2.05) is 0 Å². The summed E-state index contributed by atoms with van der Waals surface area (Å²) < 4.78 is 0.478. The van der Waals surface area contributed by atoms with Crippen molar-refractivity contribution in [1.29, 1.82) is 0 Å². The molecule has 0 N–H and O–H groups in total. The van der Waals surface area contributed by atoms with Crippen LogP contribution in [0.4, 0.5) is 11.4 Å². The van der Waals surface area contributed by atoms with E-state index in [1.165, 1.54) is 33.6 Å². The predicted molar refractivity (Wildman–Crippen MR) is 134 cm³/mol. The smallest absolute Gasteiger partial charge is 0.176 e. The summed E-state index contributed by atoms with van der Waals surface area (Å²) in [5, 5.41) is 0. The van der Waals surface area contributed by atoms with E-state index in [9.17, 15) is 0 Å². The van der Waals surface area contributed by atoms with Gasteiger partial charge in [0, 0.05) is 16.8 Å². The SMILES string of the molecule is CC(C)c1cccc(C(C)C)c1N1CC[N+](Cl)(c2c(C(C)C)cccc2C(C)C)C1. The van der Waals surface area contributed by atoms with Gasteiger partial charge >= 0.3 is 0 Å². The van der Waals surface area contributed by atoms with Gasteiger partial charge < -0.3 is 4.90 Å². The van der Waals surface area contributed by atoms with Crippen molar-refractivity contribution in [3.8, 4) is 0 Å². The summed E-state index contributed by atoms with van der Waals surface area (Å²) >= 11 is 7.50. The molecule has 1 fully saturated rings. The Morgan fingerprint density at radius 1 is 0.700 bits per heavy atom. The van der Waals surface area contributed by atoms with Crippen LogP contribution in [0.15, 0.2) is 36.4 Å². The van der Waals surface area contributed by atoms with Gasteiger partial charge in [-0.2, -0.15) is 4.00 Å². The molecule has 1 saturated heterocycles. The van der Waals surface area contributed by atoms with Gasteiger partial charge in [0.1, 0.15) is 6.54 Å². The van der Waals surface area contributed by atoms with Gasteiger partial charge in [0.25, 0.3) is 0 Å². The molecule has 1 heterocycles. The fourth-order valence-corrected chi connectivity index (χ4v) is 5.31. The van der Waals surface area contributed by atoms with E-state index in [2.05, 4.69) is 96.7 Å². The molecule has 3 heteroatoms. The van der Waals surface area contributed by atoms with E-state index in [-0.39, 0.29) is 0 Å². The molecule has 30 heavy (non-hydrogen) atoms. The number of anilines is 1. The van der Waals surface area contributed by atoms with Crippen LogP contribution in [0.2, 0.25) is 0 Å². The van der Waals surface area contributed by atoms with Crippen LogP contribution >= 0.6 is 11.8 Å². The van der Waals surface area contributed by atoms with E-state index in [1.54, 1.807) is 0 Å². The summed E-state index contributed by atoms with van der Waals surface area (Å²) in [6, 6.07) is 13.6. The van der Waals surface area contributed by atoms with Crippen LogP contribution < -0.4 is 8.90 Å². The molecule has 0 spiro atoms. The van der Waals surface area contributed by atoms with Gasteiger partial charge in [0.15, 0.2) is 24.1 Å². The lowest BCUT2D eigenvalue weighted by Gasteiger charge is -2.32. The standard InChI is InChI=1S/C27H40ClN2/c1-18(2)22-11-9-12-23(19(3)4)26(22)29-15-16-30(28,17-29)27-24(20(5)6)13-10-14-25(27)21(7)8/h9-14,18-21H,15-17H2,1-8H3/q+1. The van der Waals surface area contributed by atoms with Crippen molar-refractivity contribution in [3.63, 3.8) is 0 Å². The zero-order valence-electron chi connectivity index (χ0n) is 20.2. The van der Waals surface area contributed by atoms with Crippen molar-refractivity contribution in [1.82, 2.24) is 4.00 Å². The molecule has 1 aliphatic rings. The Morgan fingerprint density at radius 2 is 1.10 bits per heavy atom. The van der Waals surface area contributed by atoms with Gasteiger partial charge in [-0.1, -0.05) is 91.8 Å². The molecule has 0 saturated carbocycles. The van der Waals surface area contributed by atoms with E-state index in [0.29, 0.717) is 27.7 Å². The molecule has 3 rings (SSSR count). The van der Waals surface area contributed by atoms with Crippen LogP contribution in [0.5, 0.6) is 0 Å². The zero-order valence-corrected chi connectivity index (χ0v) is 20.9. The highest BCUT2D eigenvalue weighted by Gasteiger charge is 2.43. The van der Waals surface area contributed by atoms with Crippen molar-refractivity contribution in [2.75, 3.05) is 24.7 Å². The molecule has 0 radical (unpaired) electrons. The Kier molecular flexibility index (Phi) is 6.89. The third kappa shape index (κ3) is 4.27. The highest BCUT2D eigenvalue weighted by Crippen LogP contribution is 2.45. The van der Waals surface area contributed by atoms with Crippen LogP contribution in [0, 0.1) is 0 Å². The molecule has 1 aliphatic heterocycles. The maximum atomic E-state index is 7.50. The number of rotatable bonds is 6. The van der Waals surface area contributed by atoms with E-state index < -0.39 is 0 Å². The number of hydrogen-bond donors (Lipinski definition) is 0. The minimum Gasteiger partial charge on any atom is -0.317 e. The van der Waals surface area contributed by atoms with E-state index in [0.717, 1.165) is 19.8 Å². The van der Waals surface area contributed by atoms with Gasteiger partial charge in [-0.25, -0.2) is 0 Å². The maximum absolute atomic E-state index is 7.50. The molecular formula is C27H40ClN2+. The van der Waals surface area contributed by atoms with Crippen molar-refractivity contribution < 1.29 is 0 Å². The Labute approximate surface area is 189 Å². The molecule has 0 aliphatic carbocycles. The molecule has 0 aromatic heterocycles. The number of hydrogen-bond acceptors (Lipinski definition) is 1. The van der Waals surface area contributed by atoms with Gasteiger partial charge in [0.2, 0.25) is 0 Å². The Morgan fingerprint density at radius 3 is 1.50 bits per heavy atom. The minimum absolute atomic E-state index is 0.454. The molecule has 2 aromatic rings. The Bertz CT molecular complexity index is 832. The summed E-state index contributed by atoms with van der Waals surface area (Å²) in [6.07, 6.45) is 0. The number of nitrogens with zero attached hydrogens (tertiary/aromatic N) is 2. The molecule has 0 amide bonds. The largest absolute Gasteiger partial charge is 0.317 e. The predicted octanol–water partition coefficient (Wildman–Crippen LogP) is 8.12. The first kappa shape index (κ1) is 23.2. The zero-order chi connectivity index (χ0) is 22.2. The lowest BCUT2D eigenvalue weighted by molar-refractivity contribution is 0.531. The summed E-state index contributed by atoms with van der Waals surface area (Å²) in [4.78, 5) is 2.55. The summed E-state index contributed by atoms with van der Waals surface area (Å²) in [5.74, 6) is 1.89. The van der Waals surface area contributed by atoms with E-state index >= 15 is 0 Å². The summed E-state index contributed by atoms with van der Waals surface area (Å²) in [7, 11) is 0. The summed E-state index contributed by atoms with van der Waals surface area (Å²) in [5.41, 5.74) is 8.40. The lowest BCUT2D eigenvalue weighted by atomic mass is 9.92. The lowest BCUT2D eigenvalue weighted by Crippen LogP contribution is -2.40. The second kappa shape index (κ2) is 8.93. The van der Waals surface area contributed by atoms with Crippen LogP contribution in [0.3, 0.4) is 0 Å². The number of para-hydroxylation sites is 2. The van der Waals surface area contributed by atoms with Crippen molar-refractivity contribution in [3.05, 3.63) is 58.7 Å². The fourth-order valence-electron chi connectivity index (χ4n) is 4.91. The van der Waals surface area contributed by atoms with Gasteiger partial charge in [0.05, 0.1) is 6.54 Å². The van der Waals surface area contributed by atoms with Crippen molar-refractivity contribution in [2.45, 2.75) is 79.1 Å². The van der Waals surface area contributed by atoms with Gasteiger partial charge in [-0.3, -0.25) is 0 Å². The third-order valence-electron chi connectivity index (χ3n) is 6.52. The summed E-state index contributed by atoms with van der Waals surface area (Å²) in [6.45, 7) is 21.0. The number of halogens is 1.